The third-order valence-electron chi connectivity index (χ3n) is 3.99. The Morgan fingerprint density at radius 2 is 1.81 bits per heavy atom. The number of benzene rings is 2. The summed E-state index contributed by atoms with van der Waals surface area (Å²) in [5.41, 5.74) is 9.10. The van der Waals surface area contributed by atoms with Gasteiger partial charge in [0, 0.05) is 30.2 Å². The number of nitrogens with two attached hydrogens (primary N) is 1. The van der Waals surface area contributed by atoms with Crippen molar-refractivity contribution in [1.29, 1.82) is 5.26 Å². The van der Waals surface area contributed by atoms with Crippen LogP contribution in [0.4, 0.5) is 17.1 Å². The molecule has 2 rings (SSSR count). The highest BCUT2D eigenvalue weighted by atomic mass is 16.2. The molecule has 2 amide bonds. The largest absolute Gasteiger partial charge is 0.399 e. The van der Waals surface area contributed by atoms with Crippen LogP contribution in [0.1, 0.15) is 18.1 Å². The van der Waals surface area contributed by atoms with E-state index in [1.165, 1.54) is 18.0 Å². The van der Waals surface area contributed by atoms with Crippen molar-refractivity contribution in [3.05, 3.63) is 65.4 Å². The summed E-state index contributed by atoms with van der Waals surface area (Å²) in [6, 6.07) is 13.9. The van der Waals surface area contributed by atoms with Gasteiger partial charge in [-0.3, -0.25) is 14.5 Å². The summed E-state index contributed by atoms with van der Waals surface area (Å²) in [4.78, 5) is 25.7. The van der Waals surface area contributed by atoms with Crippen LogP contribution in [0.15, 0.2) is 54.2 Å². The van der Waals surface area contributed by atoms with E-state index in [0.717, 1.165) is 11.1 Å². The lowest BCUT2D eigenvalue weighted by molar-refractivity contribution is -0.116. The standard InChI is InChI=1S/C20H20N4O2/c1-13-5-4-6-19(14(13)2)23-20(26)16(11-21)12-24(15(3)25)18-9-7-17(22)8-10-18/h4-10,12H,22H2,1-3H3,(H,23,26)/b16-12-. The van der Waals surface area contributed by atoms with Crippen LogP contribution >= 0.6 is 0 Å². The maximum Gasteiger partial charge on any atom is 0.267 e. The number of carbonyl (C=O) groups excluding carboxylic acids is 2. The third kappa shape index (κ3) is 4.28. The molecule has 0 radical (unpaired) electrons. The van der Waals surface area contributed by atoms with Crippen molar-refractivity contribution >= 4 is 28.9 Å². The van der Waals surface area contributed by atoms with Crippen molar-refractivity contribution in [1.82, 2.24) is 0 Å². The predicted molar refractivity (Wildman–Crippen MR) is 102 cm³/mol. The fraction of sp³-hybridized carbons (Fsp3) is 0.150. The first kappa shape index (κ1) is 18.7. The zero-order valence-electron chi connectivity index (χ0n) is 14.9. The van der Waals surface area contributed by atoms with Crippen LogP contribution in [0.3, 0.4) is 0 Å². The SMILES string of the molecule is CC(=O)N(/C=C(/C#N)C(=O)Nc1cccc(C)c1C)c1ccc(N)cc1. The molecule has 6 nitrogen and oxygen atoms in total. The molecule has 0 atom stereocenters. The first-order chi connectivity index (χ1) is 12.3. The van der Waals surface area contributed by atoms with Crippen LogP contribution in [0.5, 0.6) is 0 Å². The molecule has 3 N–H and O–H groups in total. The molecule has 0 bridgehead atoms. The highest BCUT2D eigenvalue weighted by molar-refractivity contribution is 6.08. The highest BCUT2D eigenvalue weighted by Gasteiger charge is 2.16. The van der Waals surface area contributed by atoms with Gasteiger partial charge < -0.3 is 11.1 Å². The van der Waals surface area contributed by atoms with Crippen molar-refractivity contribution in [2.24, 2.45) is 0 Å². The van der Waals surface area contributed by atoms with Gasteiger partial charge in [-0.1, -0.05) is 12.1 Å². The highest BCUT2D eigenvalue weighted by Crippen LogP contribution is 2.20. The van der Waals surface area contributed by atoms with E-state index >= 15 is 0 Å². The van der Waals surface area contributed by atoms with E-state index in [0.29, 0.717) is 17.1 Å². The maximum atomic E-state index is 12.5. The van der Waals surface area contributed by atoms with Gasteiger partial charge in [0.25, 0.3) is 5.91 Å². The second-order valence-corrected chi connectivity index (χ2v) is 5.84. The number of carbonyl (C=O) groups is 2. The molecule has 0 aromatic heterocycles. The van der Waals surface area contributed by atoms with Crippen LogP contribution in [-0.2, 0) is 9.59 Å². The Kier molecular flexibility index (Phi) is 5.76. The smallest absolute Gasteiger partial charge is 0.267 e. The van der Waals surface area contributed by atoms with Crippen molar-refractivity contribution in [2.75, 3.05) is 16.0 Å². The van der Waals surface area contributed by atoms with Gasteiger partial charge in [0.1, 0.15) is 11.6 Å². The number of nitriles is 1. The molecule has 2 aromatic carbocycles. The quantitative estimate of drug-likeness (QED) is 0.503. The van der Waals surface area contributed by atoms with Crippen LogP contribution in [-0.4, -0.2) is 11.8 Å². The van der Waals surface area contributed by atoms with E-state index in [1.807, 2.05) is 32.0 Å². The van der Waals surface area contributed by atoms with Gasteiger partial charge >= 0.3 is 0 Å². The third-order valence-corrected chi connectivity index (χ3v) is 3.99. The predicted octanol–water partition coefficient (Wildman–Crippen LogP) is 3.28. The fourth-order valence-electron chi connectivity index (χ4n) is 2.33. The Bertz CT molecular complexity index is 908. The number of amides is 2. The zero-order chi connectivity index (χ0) is 19.3. The molecule has 0 aliphatic heterocycles. The second kappa shape index (κ2) is 7.99. The lowest BCUT2D eigenvalue weighted by Crippen LogP contribution is -2.25. The molecule has 2 aromatic rings. The van der Waals surface area contributed by atoms with Crippen molar-refractivity contribution in [3.63, 3.8) is 0 Å². The summed E-state index contributed by atoms with van der Waals surface area (Å²) in [7, 11) is 0. The van der Waals surface area contributed by atoms with E-state index in [2.05, 4.69) is 5.32 Å². The number of hydrogen-bond donors (Lipinski definition) is 2. The molecular weight excluding hydrogens is 328 g/mol. The molecule has 0 unspecified atom stereocenters. The van der Waals surface area contributed by atoms with Gasteiger partial charge in [-0.05, 0) is 55.3 Å². The zero-order valence-corrected chi connectivity index (χ0v) is 14.9. The van der Waals surface area contributed by atoms with Gasteiger partial charge in [-0.2, -0.15) is 5.26 Å². The molecule has 6 heteroatoms. The van der Waals surface area contributed by atoms with Crippen molar-refractivity contribution < 1.29 is 9.59 Å². The monoisotopic (exact) mass is 348 g/mol. The molecule has 0 aliphatic carbocycles. The number of rotatable bonds is 4. The van der Waals surface area contributed by atoms with E-state index in [1.54, 1.807) is 30.3 Å². The average molecular weight is 348 g/mol. The molecule has 26 heavy (non-hydrogen) atoms. The first-order valence-electron chi connectivity index (χ1n) is 7.98. The molecule has 0 fully saturated rings. The number of aryl methyl sites for hydroxylation is 1. The van der Waals surface area contributed by atoms with E-state index in [4.69, 9.17) is 5.73 Å². The first-order valence-corrected chi connectivity index (χ1v) is 7.98. The summed E-state index contributed by atoms with van der Waals surface area (Å²) in [5, 5.41) is 12.1. The van der Waals surface area contributed by atoms with Crippen molar-refractivity contribution in [3.8, 4) is 6.07 Å². The molecule has 132 valence electrons. The lowest BCUT2D eigenvalue weighted by atomic mass is 10.1. The van der Waals surface area contributed by atoms with E-state index < -0.39 is 5.91 Å². The maximum absolute atomic E-state index is 12.5. The molecule has 0 aliphatic rings. The van der Waals surface area contributed by atoms with Gasteiger partial charge in [0.05, 0.1) is 0 Å². The Morgan fingerprint density at radius 1 is 1.15 bits per heavy atom. The Labute approximate surface area is 152 Å². The topological polar surface area (TPSA) is 99.2 Å². The van der Waals surface area contributed by atoms with Crippen LogP contribution in [0.2, 0.25) is 0 Å². The molecule has 0 saturated heterocycles. The summed E-state index contributed by atoms with van der Waals surface area (Å²) in [6.07, 6.45) is 1.23. The van der Waals surface area contributed by atoms with Gasteiger partial charge in [-0.25, -0.2) is 0 Å². The summed E-state index contributed by atoms with van der Waals surface area (Å²) in [5.74, 6) is -0.912. The number of hydrogen-bond acceptors (Lipinski definition) is 4. The Balaban J connectivity index is 2.33. The molecular formula is C20H20N4O2. The Hall–Kier alpha value is -3.59. The van der Waals surface area contributed by atoms with Crippen LogP contribution < -0.4 is 16.0 Å². The normalized spacial score (nSPS) is 10.8. The number of anilines is 3. The summed E-state index contributed by atoms with van der Waals surface area (Å²) >= 11 is 0. The number of nitrogens with one attached hydrogen (secondary N) is 1. The van der Waals surface area contributed by atoms with E-state index in [-0.39, 0.29) is 11.5 Å². The second-order valence-electron chi connectivity index (χ2n) is 5.84. The minimum absolute atomic E-state index is 0.182. The fourth-order valence-corrected chi connectivity index (χ4v) is 2.33. The summed E-state index contributed by atoms with van der Waals surface area (Å²) < 4.78 is 0. The van der Waals surface area contributed by atoms with Gasteiger partial charge in [0.15, 0.2) is 0 Å². The molecule has 0 spiro atoms. The van der Waals surface area contributed by atoms with Gasteiger partial charge in [-0.15, -0.1) is 0 Å². The number of nitrogens with zero attached hydrogens (tertiary/aromatic N) is 2. The summed E-state index contributed by atoms with van der Waals surface area (Å²) in [6.45, 7) is 5.17. The minimum Gasteiger partial charge on any atom is -0.399 e. The van der Waals surface area contributed by atoms with Crippen LogP contribution in [0, 0.1) is 25.2 Å². The van der Waals surface area contributed by atoms with Crippen molar-refractivity contribution in [2.45, 2.75) is 20.8 Å². The average Bonchev–Trinajstić information content (AvgIpc) is 2.60. The molecule has 0 saturated carbocycles. The van der Waals surface area contributed by atoms with Gasteiger partial charge in [0.2, 0.25) is 5.91 Å². The number of nitrogen functional groups attached to an aromatic ring is 1. The lowest BCUT2D eigenvalue weighted by Gasteiger charge is -2.17. The molecule has 0 heterocycles. The Morgan fingerprint density at radius 3 is 2.38 bits per heavy atom. The van der Waals surface area contributed by atoms with E-state index in [9.17, 15) is 14.9 Å². The van der Waals surface area contributed by atoms with Crippen LogP contribution in [0.25, 0.3) is 0 Å². The minimum atomic E-state index is -0.581.